The molecule has 1 aromatic rings. The van der Waals surface area contributed by atoms with E-state index in [4.69, 9.17) is 5.73 Å². The summed E-state index contributed by atoms with van der Waals surface area (Å²) < 4.78 is 0. The van der Waals surface area contributed by atoms with E-state index in [1.54, 1.807) is 6.07 Å². The maximum Gasteiger partial charge on any atom is 0.324 e. The second-order valence-electron chi connectivity index (χ2n) is 3.35. The smallest absolute Gasteiger partial charge is 0.324 e. The summed E-state index contributed by atoms with van der Waals surface area (Å²) in [5, 5.41) is 13.9. The predicted octanol–water partition coefficient (Wildman–Crippen LogP) is 1.14. The Morgan fingerprint density at radius 2 is 2.40 bits per heavy atom. The number of rotatable bonds is 6. The summed E-state index contributed by atoms with van der Waals surface area (Å²) in [6.07, 6.45) is 0.804. The molecule has 84 valence electrons. The highest BCUT2D eigenvalue weighted by molar-refractivity contribution is 7.15. The number of nitrogens with one attached hydrogen (secondary N) is 1. The number of nitrogens with two attached hydrogens (primary N) is 1. The van der Waals surface area contributed by atoms with Gasteiger partial charge in [0.25, 0.3) is 0 Å². The maximum atomic E-state index is 10.5. The molecule has 0 aliphatic heterocycles. The lowest BCUT2D eigenvalue weighted by Crippen LogP contribution is -2.32. The van der Waals surface area contributed by atoms with Crippen LogP contribution in [0.4, 0.5) is 5.00 Å². The Hall–Kier alpha value is -0.980. The molecule has 0 amide bonds. The van der Waals surface area contributed by atoms with Gasteiger partial charge in [-0.3, -0.25) is 10.1 Å². The van der Waals surface area contributed by atoms with Crippen molar-refractivity contribution in [2.75, 3.05) is 13.1 Å². The number of thiophene rings is 1. The number of hydrogen-bond donors (Lipinski definition) is 2. The third kappa shape index (κ3) is 3.94. The Bertz CT molecular complexity index is 327. The minimum atomic E-state index is -0.355. The van der Waals surface area contributed by atoms with E-state index in [0.29, 0.717) is 12.6 Å². The van der Waals surface area contributed by atoms with Gasteiger partial charge in [-0.2, -0.15) is 0 Å². The molecular weight excluding hydrogens is 214 g/mol. The Morgan fingerprint density at radius 3 is 2.93 bits per heavy atom. The van der Waals surface area contributed by atoms with Gasteiger partial charge in [-0.25, -0.2) is 0 Å². The first-order chi connectivity index (χ1) is 7.13. The highest BCUT2D eigenvalue weighted by Crippen LogP contribution is 2.24. The normalized spacial score (nSPS) is 12.7. The van der Waals surface area contributed by atoms with Gasteiger partial charge in [-0.1, -0.05) is 11.3 Å². The molecule has 0 aliphatic rings. The molecule has 0 aliphatic carbocycles. The third-order valence-electron chi connectivity index (χ3n) is 1.97. The Labute approximate surface area is 92.4 Å². The highest BCUT2D eigenvalue weighted by Gasteiger charge is 2.11. The average molecular weight is 229 g/mol. The topological polar surface area (TPSA) is 81.2 Å². The second kappa shape index (κ2) is 5.79. The van der Waals surface area contributed by atoms with Crippen LogP contribution in [-0.2, 0) is 6.42 Å². The van der Waals surface area contributed by atoms with Gasteiger partial charge in [0.1, 0.15) is 0 Å². The first-order valence-electron chi connectivity index (χ1n) is 4.80. The second-order valence-corrected chi connectivity index (χ2v) is 4.49. The van der Waals surface area contributed by atoms with Crippen LogP contribution in [0.25, 0.3) is 0 Å². The van der Waals surface area contributed by atoms with Gasteiger partial charge in [0.2, 0.25) is 0 Å². The van der Waals surface area contributed by atoms with Gasteiger partial charge in [-0.15, -0.1) is 0 Å². The van der Waals surface area contributed by atoms with Crippen molar-refractivity contribution in [2.45, 2.75) is 19.4 Å². The molecule has 0 aromatic carbocycles. The fourth-order valence-electron chi connectivity index (χ4n) is 1.28. The quantitative estimate of drug-likeness (QED) is 0.566. The van der Waals surface area contributed by atoms with Crippen molar-refractivity contribution in [1.82, 2.24) is 5.32 Å². The van der Waals surface area contributed by atoms with Gasteiger partial charge in [0.05, 0.1) is 4.92 Å². The molecule has 0 saturated heterocycles. The van der Waals surface area contributed by atoms with E-state index >= 15 is 0 Å². The van der Waals surface area contributed by atoms with Crippen molar-refractivity contribution >= 4 is 16.3 Å². The molecule has 0 saturated carbocycles. The molecule has 1 heterocycles. The average Bonchev–Trinajstić information content (AvgIpc) is 2.63. The minimum absolute atomic E-state index is 0.205. The van der Waals surface area contributed by atoms with Crippen molar-refractivity contribution in [3.63, 3.8) is 0 Å². The van der Waals surface area contributed by atoms with E-state index in [2.05, 4.69) is 5.32 Å². The fraction of sp³-hybridized carbons (Fsp3) is 0.556. The molecule has 0 spiro atoms. The monoisotopic (exact) mass is 229 g/mol. The van der Waals surface area contributed by atoms with Crippen molar-refractivity contribution < 1.29 is 4.92 Å². The first kappa shape index (κ1) is 12.1. The van der Waals surface area contributed by atoms with Crippen LogP contribution in [0.1, 0.15) is 11.8 Å². The molecule has 1 aromatic heterocycles. The SMILES string of the molecule is CC(Cc1ccc([N+](=O)[O-])s1)NCCN. The van der Waals surface area contributed by atoms with Gasteiger partial charge in [-0.05, 0) is 19.4 Å². The zero-order valence-corrected chi connectivity index (χ0v) is 9.42. The molecule has 5 nitrogen and oxygen atoms in total. The molecule has 0 bridgehead atoms. The number of nitrogens with zero attached hydrogens (tertiary/aromatic N) is 1. The van der Waals surface area contributed by atoms with Crippen LogP contribution >= 0.6 is 11.3 Å². The van der Waals surface area contributed by atoms with E-state index in [9.17, 15) is 10.1 Å². The molecule has 0 fully saturated rings. The Kier molecular flexibility index (Phi) is 4.67. The van der Waals surface area contributed by atoms with Crippen LogP contribution in [0.15, 0.2) is 12.1 Å². The van der Waals surface area contributed by atoms with Crippen molar-refractivity contribution in [1.29, 1.82) is 0 Å². The lowest BCUT2D eigenvalue weighted by atomic mass is 10.2. The largest absolute Gasteiger partial charge is 0.329 e. The predicted molar refractivity (Wildman–Crippen MR) is 61.2 cm³/mol. The lowest BCUT2D eigenvalue weighted by molar-refractivity contribution is -0.380. The first-order valence-corrected chi connectivity index (χ1v) is 5.61. The molecule has 1 unspecified atom stereocenters. The maximum absolute atomic E-state index is 10.5. The fourth-order valence-corrected chi connectivity index (χ4v) is 2.23. The molecule has 1 atom stereocenters. The molecule has 15 heavy (non-hydrogen) atoms. The van der Waals surface area contributed by atoms with E-state index in [-0.39, 0.29) is 9.92 Å². The lowest BCUT2D eigenvalue weighted by Gasteiger charge is -2.10. The van der Waals surface area contributed by atoms with Gasteiger partial charge >= 0.3 is 5.00 Å². The number of nitro groups is 1. The standard InChI is InChI=1S/C9H15N3O2S/c1-7(11-5-4-10)6-8-2-3-9(15-8)12(13)14/h2-3,7,11H,4-6,10H2,1H3. The zero-order chi connectivity index (χ0) is 11.3. The number of hydrogen-bond acceptors (Lipinski definition) is 5. The van der Waals surface area contributed by atoms with Crippen LogP contribution in [-0.4, -0.2) is 24.1 Å². The molecular formula is C9H15N3O2S. The Morgan fingerprint density at radius 1 is 1.67 bits per heavy atom. The zero-order valence-electron chi connectivity index (χ0n) is 8.60. The van der Waals surface area contributed by atoms with E-state index in [0.717, 1.165) is 17.8 Å². The molecule has 0 radical (unpaired) electrons. The van der Waals surface area contributed by atoms with Crippen LogP contribution in [0.5, 0.6) is 0 Å². The van der Waals surface area contributed by atoms with E-state index < -0.39 is 0 Å². The summed E-state index contributed by atoms with van der Waals surface area (Å²) in [4.78, 5) is 11.1. The summed E-state index contributed by atoms with van der Waals surface area (Å²) in [7, 11) is 0. The van der Waals surface area contributed by atoms with E-state index in [1.165, 1.54) is 11.3 Å². The summed E-state index contributed by atoms with van der Waals surface area (Å²) in [5.74, 6) is 0. The highest BCUT2D eigenvalue weighted by atomic mass is 32.1. The van der Waals surface area contributed by atoms with Gasteiger partial charge in [0, 0.05) is 30.1 Å². The van der Waals surface area contributed by atoms with Crippen LogP contribution in [0, 0.1) is 10.1 Å². The van der Waals surface area contributed by atoms with Crippen LogP contribution in [0.3, 0.4) is 0 Å². The van der Waals surface area contributed by atoms with Gasteiger partial charge < -0.3 is 11.1 Å². The van der Waals surface area contributed by atoms with E-state index in [1.807, 2.05) is 13.0 Å². The summed E-state index contributed by atoms with van der Waals surface area (Å²) in [6, 6.07) is 3.66. The van der Waals surface area contributed by atoms with Crippen LogP contribution < -0.4 is 11.1 Å². The van der Waals surface area contributed by atoms with Crippen molar-refractivity contribution in [3.05, 3.63) is 27.1 Å². The third-order valence-corrected chi connectivity index (χ3v) is 3.03. The summed E-state index contributed by atoms with van der Waals surface area (Å²) in [6.45, 7) is 3.42. The Balaban J connectivity index is 2.46. The molecule has 1 rings (SSSR count). The summed E-state index contributed by atoms with van der Waals surface area (Å²) >= 11 is 1.23. The van der Waals surface area contributed by atoms with Gasteiger partial charge in [0.15, 0.2) is 0 Å². The minimum Gasteiger partial charge on any atom is -0.329 e. The molecule has 6 heteroatoms. The van der Waals surface area contributed by atoms with Crippen molar-refractivity contribution in [2.24, 2.45) is 5.73 Å². The van der Waals surface area contributed by atoms with Crippen molar-refractivity contribution in [3.8, 4) is 0 Å². The molecule has 3 N–H and O–H groups in total. The summed E-state index contributed by atoms with van der Waals surface area (Å²) in [5.41, 5.74) is 5.36. The van der Waals surface area contributed by atoms with Crippen LogP contribution in [0.2, 0.25) is 0 Å².